The summed E-state index contributed by atoms with van der Waals surface area (Å²) in [5.74, 6) is -0.338. The number of imidazole rings is 1. The highest BCUT2D eigenvalue weighted by atomic mass is 16.2. The van der Waals surface area contributed by atoms with E-state index in [4.69, 9.17) is 4.98 Å². The number of nitrogens with zero attached hydrogens (tertiary/aromatic N) is 3. The van der Waals surface area contributed by atoms with Gasteiger partial charge in [0.15, 0.2) is 0 Å². The van der Waals surface area contributed by atoms with Crippen LogP contribution in [0.4, 0.5) is 0 Å². The first-order valence-electron chi connectivity index (χ1n) is 18.1. The standard InChI is InChI=1S/C43H39N3O3/c1-3-5-7-9-13-25(14-10-8-6-4-2)45-41(47)32-23-19-28-26-17-21-30-38-31(43(49)46-35-16-12-11-15-34(35)44-40(30)46)22-18-27(36(26)38)29-20-24-33(42(45)48)39(32)37(28)29/h11-12,15-25H,3-10,13-14H2,1-2H3. The lowest BCUT2D eigenvalue weighted by Crippen LogP contribution is -2.47. The Hall–Kier alpha value is -5.10. The predicted molar refractivity (Wildman–Crippen MR) is 201 cm³/mol. The monoisotopic (exact) mass is 645 g/mol. The summed E-state index contributed by atoms with van der Waals surface area (Å²) in [5.41, 5.74) is 3.40. The molecule has 6 heteroatoms. The van der Waals surface area contributed by atoms with E-state index < -0.39 is 0 Å². The van der Waals surface area contributed by atoms with Gasteiger partial charge in [0.05, 0.1) is 11.0 Å². The van der Waals surface area contributed by atoms with E-state index in [9.17, 15) is 14.4 Å². The summed E-state index contributed by atoms with van der Waals surface area (Å²) in [4.78, 5) is 49.4. The van der Waals surface area contributed by atoms with Crippen LogP contribution in [0, 0.1) is 0 Å². The van der Waals surface area contributed by atoms with Gasteiger partial charge >= 0.3 is 0 Å². The molecule has 0 saturated heterocycles. The van der Waals surface area contributed by atoms with Crippen LogP contribution in [0.25, 0.3) is 70.5 Å². The van der Waals surface area contributed by atoms with Crippen LogP contribution >= 0.6 is 0 Å². The minimum Gasteiger partial charge on any atom is -0.271 e. The number of hydrogen-bond acceptors (Lipinski definition) is 4. The molecular formula is C43H39N3O3. The van der Waals surface area contributed by atoms with Crippen LogP contribution in [0.3, 0.4) is 0 Å². The highest BCUT2D eigenvalue weighted by Crippen LogP contribution is 2.46. The summed E-state index contributed by atoms with van der Waals surface area (Å²) in [7, 11) is 0. The van der Waals surface area contributed by atoms with Gasteiger partial charge in [-0.1, -0.05) is 102 Å². The average Bonchev–Trinajstić information content (AvgIpc) is 3.52. The van der Waals surface area contributed by atoms with E-state index in [0.717, 1.165) is 111 Å². The van der Waals surface area contributed by atoms with Gasteiger partial charge in [-0.3, -0.25) is 23.7 Å². The maximum absolute atomic E-state index is 14.4. The van der Waals surface area contributed by atoms with E-state index in [1.807, 2.05) is 48.5 Å². The Morgan fingerprint density at radius 2 is 1.06 bits per heavy atom. The summed E-state index contributed by atoms with van der Waals surface area (Å²) in [6.07, 6.45) is 10.6. The number of para-hydroxylation sites is 2. The van der Waals surface area contributed by atoms with Gasteiger partial charge in [-0.05, 0) is 81.6 Å². The average molecular weight is 646 g/mol. The van der Waals surface area contributed by atoms with Crippen molar-refractivity contribution in [3.8, 4) is 0 Å². The van der Waals surface area contributed by atoms with Gasteiger partial charge in [0.25, 0.3) is 17.4 Å². The van der Waals surface area contributed by atoms with Crippen molar-refractivity contribution >= 4 is 82.4 Å². The molecule has 0 spiro atoms. The zero-order valence-corrected chi connectivity index (χ0v) is 28.1. The molecule has 0 N–H and O–H groups in total. The third-order valence-electron chi connectivity index (χ3n) is 11.2. The second-order valence-electron chi connectivity index (χ2n) is 14.0. The minimum absolute atomic E-state index is 0.0776. The van der Waals surface area contributed by atoms with Gasteiger partial charge in [0, 0.05) is 38.7 Å². The number of hydrogen-bond donors (Lipinski definition) is 0. The molecule has 2 amide bonds. The summed E-state index contributed by atoms with van der Waals surface area (Å²) < 4.78 is 1.74. The van der Waals surface area contributed by atoms with Crippen LogP contribution in [0.2, 0.25) is 0 Å². The fraction of sp³-hybridized carbons (Fsp3) is 0.302. The number of benzene rings is 6. The maximum Gasteiger partial charge on any atom is 0.264 e. The topological polar surface area (TPSA) is 71.8 Å². The van der Waals surface area contributed by atoms with Crippen LogP contribution in [0.1, 0.15) is 98.8 Å². The van der Waals surface area contributed by atoms with Crippen LogP contribution in [-0.2, 0) is 0 Å². The number of amides is 2. The Morgan fingerprint density at radius 3 is 1.67 bits per heavy atom. The zero-order valence-electron chi connectivity index (χ0n) is 28.1. The van der Waals surface area contributed by atoms with Crippen molar-refractivity contribution in [2.24, 2.45) is 0 Å². The smallest absolute Gasteiger partial charge is 0.264 e. The highest BCUT2D eigenvalue weighted by Gasteiger charge is 2.38. The van der Waals surface area contributed by atoms with E-state index in [0.29, 0.717) is 22.2 Å². The van der Waals surface area contributed by atoms with Gasteiger partial charge in [-0.25, -0.2) is 4.98 Å². The molecule has 8 aromatic rings. The molecule has 244 valence electrons. The van der Waals surface area contributed by atoms with E-state index >= 15 is 0 Å². The molecule has 0 fully saturated rings. The summed E-state index contributed by atoms with van der Waals surface area (Å²) in [5, 5.41) is 9.23. The Labute approximate surface area is 284 Å². The normalized spacial score (nSPS) is 13.8. The number of aromatic nitrogens is 2. The number of fused-ring (bicyclic) bond motifs is 6. The number of rotatable bonds is 11. The molecule has 0 bridgehead atoms. The van der Waals surface area contributed by atoms with Crippen molar-refractivity contribution in [3.63, 3.8) is 0 Å². The quantitative estimate of drug-likeness (QED) is 0.0607. The number of pyridine rings is 1. The molecule has 0 unspecified atom stereocenters. The SMILES string of the molecule is CCCCCCC(CCCCCC)N1C(=O)c2ccc3c4ccc5c(=O)n6c7ccccc7nc6c6ccc(c7ccc(c2c37)C1=O)c4c56. The number of carbonyl (C=O) groups is 2. The molecular weight excluding hydrogens is 606 g/mol. The lowest BCUT2D eigenvalue weighted by molar-refractivity contribution is 0.0517. The fourth-order valence-corrected chi connectivity index (χ4v) is 8.84. The van der Waals surface area contributed by atoms with Crippen LogP contribution < -0.4 is 5.56 Å². The van der Waals surface area contributed by atoms with Crippen molar-refractivity contribution in [3.05, 3.63) is 94.3 Å². The van der Waals surface area contributed by atoms with E-state index in [1.54, 1.807) is 9.30 Å². The second kappa shape index (κ2) is 11.5. The molecule has 2 aromatic heterocycles. The highest BCUT2D eigenvalue weighted by molar-refractivity contribution is 6.41. The van der Waals surface area contributed by atoms with Gasteiger partial charge in [0.1, 0.15) is 5.65 Å². The molecule has 9 rings (SSSR count). The number of carbonyl (C=O) groups excluding carboxylic acids is 2. The van der Waals surface area contributed by atoms with Crippen molar-refractivity contribution in [2.75, 3.05) is 0 Å². The van der Waals surface area contributed by atoms with Gasteiger partial charge < -0.3 is 0 Å². The molecule has 1 aliphatic heterocycles. The Balaban J connectivity index is 1.24. The van der Waals surface area contributed by atoms with Crippen molar-refractivity contribution in [1.82, 2.24) is 14.3 Å². The first-order valence-corrected chi connectivity index (χ1v) is 18.1. The third-order valence-corrected chi connectivity index (χ3v) is 11.2. The van der Waals surface area contributed by atoms with Crippen LogP contribution in [0.5, 0.6) is 0 Å². The molecule has 1 aliphatic rings. The first-order chi connectivity index (χ1) is 24.0. The lowest BCUT2D eigenvalue weighted by atomic mass is 9.83. The van der Waals surface area contributed by atoms with Gasteiger partial charge in [0.2, 0.25) is 0 Å². The van der Waals surface area contributed by atoms with E-state index in [2.05, 4.69) is 38.1 Å². The predicted octanol–water partition coefficient (Wildman–Crippen LogP) is 10.4. The Bertz CT molecular complexity index is 2590. The minimum atomic E-state index is -0.169. The Morgan fingerprint density at radius 1 is 0.551 bits per heavy atom. The van der Waals surface area contributed by atoms with Crippen LogP contribution in [0.15, 0.2) is 77.6 Å². The molecule has 0 saturated carbocycles. The molecule has 0 radical (unpaired) electrons. The number of unbranched alkanes of at least 4 members (excludes halogenated alkanes) is 6. The fourth-order valence-electron chi connectivity index (χ4n) is 8.84. The molecule has 0 aliphatic carbocycles. The largest absolute Gasteiger partial charge is 0.271 e. The van der Waals surface area contributed by atoms with Crippen molar-refractivity contribution in [1.29, 1.82) is 0 Å². The molecule has 49 heavy (non-hydrogen) atoms. The molecule has 3 heterocycles. The van der Waals surface area contributed by atoms with Gasteiger partial charge in [-0.2, -0.15) is 0 Å². The van der Waals surface area contributed by atoms with Gasteiger partial charge in [-0.15, -0.1) is 0 Å². The maximum atomic E-state index is 14.4. The third kappa shape index (κ3) is 4.25. The summed E-state index contributed by atoms with van der Waals surface area (Å²) in [6.45, 7) is 4.41. The first kappa shape index (κ1) is 30.0. The summed E-state index contributed by atoms with van der Waals surface area (Å²) >= 11 is 0. The molecule has 0 atom stereocenters. The Kier molecular flexibility index (Phi) is 7.04. The van der Waals surface area contributed by atoms with Crippen molar-refractivity contribution in [2.45, 2.75) is 84.1 Å². The zero-order chi connectivity index (χ0) is 33.4. The second-order valence-corrected chi connectivity index (χ2v) is 14.0. The summed E-state index contributed by atoms with van der Waals surface area (Å²) in [6, 6.07) is 23.8. The molecule has 6 aromatic carbocycles. The van der Waals surface area contributed by atoms with E-state index in [1.165, 1.54) is 12.8 Å². The van der Waals surface area contributed by atoms with E-state index in [-0.39, 0.29) is 23.4 Å². The lowest BCUT2D eigenvalue weighted by Gasteiger charge is -2.34. The van der Waals surface area contributed by atoms with Crippen LogP contribution in [-0.4, -0.2) is 32.1 Å². The molecule has 6 nitrogen and oxygen atoms in total. The van der Waals surface area contributed by atoms with Crippen molar-refractivity contribution < 1.29 is 9.59 Å². The number of imide groups is 1.